The number of ether oxygens (including phenoxy) is 2. The number of hydrogen-bond donors (Lipinski definition) is 1. The molecular weight excluding hydrogens is 558 g/mol. The number of carbonyl (C=O) groups is 2. The lowest BCUT2D eigenvalue weighted by Gasteiger charge is -2.36. The molecule has 11 heteroatoms. The van der Waals surface area contributed by atoms with Crippen LogP contribution in [0.2, 0.25) is 0 Å². The van der Waals surface area contributed by atoms with Crippen LogP contribution in [0.15, 0.2) is 54.9 Å². The minimum Gasteiger partial charge on any atom is -0.475 e. The van der Waals surface area contributed by atoms with Gasteiger partial charge in [-0.3, -0.25) is 9.59 Å². The summed E-state index contributed by atoms with van der Waals surface area (Å²) >= 11 is 0. The van der Waals surface area contributed by atoms with Crippen LogP contribution in [0.5, 0.6) is 5.88 Å². The second-order valence-corrected chi connectivity index (χ2v) is 12.2. The fraction of sp³-hybridized carbons (Fsp3) is 0.545. The second-order valence-electron chi connectivity index (χ2n) is 12.2. The van der Waals surface area contributed by atoms with Crippen LogP contribution in [0.4, 0.5) is 0 Å². The van der Waals surface area contributed by atoms with E-state index in [2.05, 4.69) is 39.4 Å². The summed E-state index contributed by atoms with van der Waals surface area (Å²) in [5.74, 6) is 0.843. The van der Waals surface area contributed by atoms with Gasteiger partial charge in [0.15, 0.2) is 0 Å². The van der Waals surface area contributed by atoms with Crippen LogP contribution in [0.25, 0.3) is 0 Å². The van der Waals surface area contributed by atoms with Gasteiger partial charge in [-0.2, -0.15) is 0 Å². The lowest BCUT2D eigenvalue weighted by atomic mass is 9.95. The van der Waals surface area contributed by atoms with E-state index < -0.39 is 11.9 Å². The number of amides is 2. The first-order valence-corrected chi connectivity index (χ1v) is 15.8. The molecule has 1 fully saturated rings. The third-order valence-corrected chi connectivity index (χ3v) is 8.29. The van der Waals surface area contributed by atoms with Crippen molar-refractivity contribution in [2.75, 3.05) is 52.5 Å². The molecule has 3 aliphatic rings. The fourth-order valence-corrected chi connectivity index (χ4v) is 5.75. The van der Waals surface area contributed by atoms with Gasteiger partial charge in [-0.15, -0.1) is 5.10 Å². The van der Waals surface area contributed by atoms with Crippen molar-refractivity contribution in [3.63, 3.8) is 0 Å². The monoisotopic (exact) mass is 603 g/mol. The SMILES string of the molecule is CC(C)CCN1CCOCCOc2ncccc2C(=O)N[C@H](Cc2cn(Cc3ccccc3)nn2)C(=O)N2CCC(CC2)C1. The molecule has 3 aliphatic heterocycles. The van der Waals surface area contributed by atoms with E-state index in [1.165, 1.54) is 0 Å². The van der Waals surface area contributed by atoms with E-state index in [-0.39, 0.29) is 30.4 Å². The van der Waals surface area contributed by atoms with Gasteiger partial charge in [-0.05, 0) is 55.3 Å². The number of nitrogens with one attached hydrogen (secondary N) is 1. The zero-order chi connectivity index (χ0) is 30.7. The van der Waals surface area contributed by atoms with Crippen LogP contribution in [-0.2, 0) is 22.5 Å². The molecule has 5 heterocycles. The minimum atomic E-state index is -0.807. The molecule has 44 heavy (non-hydrogen) atoms. The molecule has 0 unspecified atom stereocenters. The Labute approximate surface area is 259 Å². The normalized spacial score (nSPS) is 20.9. The number of nitrogens with zero attached hydrogens (tertiary/aromatic N) is 6. The molecule has 1 aromatic carbocycles. The molecule has 2 aromatic heterocycles. The third kappa shape index (κ3) is 9.09. The molecule has 236 valence electrons. The highest BCUT2D eigenvalue weighted by molar-refractivity contribution is 5.99. The summed E-state index contributed by atoms with van der Waals surface area (Å²) in [6.07, 6.45) is 6.66. The van der Waals surface area contributed by atoms with E-state index in [0.717, 1.165) is 44.5 Å². The lowest BCUT2D eigenvalue weighted by Crippen LogP contribution is -2.52. The Bertz CT molecular complexity index is 1340. The molecule has 1 saturated heterocycles. The molecule has 0 spiro atoms. The van der Waals surface area contributed by atoms with Gasteiger partial charge in [0.1, 0.15) is 18.2 Å². The maximum atomic E-state index is 14.0. The first-order chi connectivity index (χ1) is 21.4. The van der Waals surface area contributed by atoms with Crippen molar-refractivity contribution < 1.29 is 19.1 Å². The number of carbonyl (C=O) groups excluding carboxylic acids is 2. The molecule has 6 rings (SSSR count). The van der Waals surface area contributed by atoms with E-state index in [9.17, 15) is 9.59 Å². The maximum Gasteiger partial charge on any atom is 0.257 e. The number of aromatic nitrogens is 4. The second kappa shape index (κ2) is 15.8. The van der Waals surface area contributed by atoms with Crippen LogP contribution in [0, 0.1) is 11.8 Å². The van der Waals surface area contributed by atoms with Gasteiger partial charge in [-0.25, -0.2) is 9.67 Å². The molecule has 1 N–H and O–H groups in total. The van der Waals surface area contributed by atoms with Gasteiger partial charge < -0.3 is 24.6 Å². The topological polar surface area (TPSA) is 115 Å². The minimum absolute atomic E-state index is 0.105. The lowest BCUT2D eigenvalue weighted by molar-refractivity contribution is -0.134. The third-order valence-electron chi connectivity index (χ3n) is 8.29. The summed E-state index contributed by atoms with van der Waals surface area (Å²) in [5, 5.41) is 11.6. The number of piperidine rings is 1. The Morgan fingerprint density at radius 2 is 1.82 bits per heavy atom. The first kappa shape index (κ1) is 31.6. The van der Waals surface area contributed by atoms with Crippen LogP contribution >= 0.6 is 0 Å². The Kier molecular flexibility index (Phi) is 11.3. The molecule has 2 bridgehead atoms. The van der Waals surface area contributed by atoms with Crippen LogP contribution in [0.1, 0.15) is 54.7 Å². The number of hydrogen-bond acceptors (Lipinski definition) is 8. The van der Waals surface area contributed by atoms with E-state index in [0.29, 0.717) is 50.4 Å². The van der Waals surface area contributed by atoms with Crippen LogP contribution in [-0.4, -0.2) is 100 Å². The van der Waals surface area contributed by atoms with Gasteiger partial charge in [0.05, 0.1) is 25.5 Å². The van der Waals surface area contributed by atoms with E-state index in [1.54, 1.807) is 23.0 Å². The van der Waals surface area contributed by atoms with Crippen molar-refractivity contribution in [1.82, 2.24) is 35.1 Å². The molecular formula is C33H45N7O4. The molecule has 0 aliphatic carbocycles. The summed E-state index contributed by atoms with van der Waals surface area (Å²) in [6.45, 7) is 10.6. The van der Waals surface area contributed by atoms with E-state index in [4.69, 9.17) is 9.47 Å². The van der Waals surface area contributed by atoms with Crippen molar-refractivity contribution >= 4 is 11.8 Å². The summed E-state index contributed by atoms with van der Waals surface area (Å²) in [6, 6.07) is 12.5. The molecule has 1 atom stereocenters. The number of benzene rings is 1. The summed E-state index contributed by atoms with van der Waals surface area (Å²) in [7, 11) is 0. The average molecular weight is 604 g/mol. The number of rotatable bonds is 7. The highest BCUT2D eigenvalue weighted by atomic mass is 16.5. The zero-order valence-corrected chi connectivity index (χ0v) is 25.9. The van der Waals surface area contributed by atoms with Crippen LogP contribution in [0.3, 0.4) is 0 Å². The standard InChI is InChI=1S/C33H45N7O4/c1-25(2)10-14-38-17-18-43-19-20-44-32-29(9-6-13-34-32)31(41)35-30(33(42)39-15-11-27(22-38)12-16-39)21-28-24-40(37-36-28)23-26-7-4-3-5-8-26/h3-9,13,24-25,27,30H,10-12,14-23H2,1-2H3,(H,35,41)/t30-/m1/s1. The maximum absolute atomic E-state index is 14.0. The first-order valence-electron chi connectivity index (χ1n) is 15.8. The van der Waals surface area contributed by atoms with Crippen molar-refractivity contribution in [3.05, 3.63) is 71.7 Å². The molecule has 0 radical (unpaired) electrons. The summed E-state index contributed by atoms with van der Waals surface area (Å²) < 4.78 is 13.5. The van der Waals surface area contributed by atoms with Gasteiger partial charge in [0.2, 0.25) is 11.8 Å². The van der Waals surface area contributed by atoms with Gasteiger partial charge in [0.25, 0.3) is 5.91 Å². The predicted molar refractivity (Wildman–Crippen MR) is 166 cm³/mol. The smallest absolute Gasteiger partial charge is 0.257 e. The van der Waals surface area contributed by atoms with E-state index >= 15 is 0 Å². The average Bonchev–Trinajstić information content (AvgIpc) is 3.47. The highest BCUT2D eigenvalue weighted by Crippen LogP contribution is 2.21. The molecule has 0 saturated carbocycles. The van der Waals surface area contributed by atoms with Gasteiger partial charge in [0, 0.05) is 45.0 Å². The Morgan fingerprint density at radius 1 is 1.00 bits per heavy atom. The Morgan fingerprint density at radius 3 is 2.61 bits per heavy atom. The number of pyridine rings is 1. The van der Waals surface area contributed by atoms with Crippen molar-refractivity contribution in [2.24, 2.45) is 11.8 Å². The fourth-order valence-electron chi connectivity index (χ4n) is 5.75. The Balaban J connectivity index is 1.34. The summed E-state index contributed by atoms with van der Waals surface area (Å²) in [5.41, 5.74) is 2.01. The predicted octanol–water partition coefficient (Wildman–Crippen LogP) is 3.06. The van der Waals surface area contributed by atoms with Crippen molar-refractivity contribution in [2.45, 2.75) is 52.1 Å². The van der Waals surface area contributed by atoms with Crippen molar-refractivity contribution in [1.29, 1.82) is 0 Å². The highest BCUT2D eigenvalue weighted by Gasteiger charge is 2.32. The van der Waals surface area contributed by atoms with Crippen LogP contribution < -0.4 is 10.1 Å². The largest absolute Gasteiger partial charge is 0.475 e. The van der Waals surface area contributed by atoms with E-state index in [1.807, 2.05) is 41.4 Å². The van der Waals surface area contributed by atoms with Crippen molar-refractivity contribution in [3.8, 4) is 5.88 Å². The van der Waals surface area contributed by atoms with Gasteiger partial charge >= 0.3 is 0 Å². The quantitative estimate of drug-likeness (QED) is 0.410. The van der Waals surface area contributed by atoms with Gasteiger partial charge in [-0.1, -0.05) is 49.4 Å². The molecule has 11 nitrogen and oxygen atoms in total. The molecule has 2 amide bonds. The summed E-state index contributed by atoms with van der Waals surface area (Å²) in [4.78, 5) is 36.2. The zero-order valence-electron chi connectivity index (χ0n) is 25.9. The molecule has 3 aromatic rings. The Hall–Kier alpha value is -3.83. The number of fused-ring (bicyclic) bond motifs is 12.